The fourth-order valence-electron chi connectivity index (χ4n) is 2.27. The predicted octanol–water partition coefficient (Wildman–Crippen LogP) is 2.65. The van der Waals surface area contributed by atoms with E-state index < -0.39 is 0 Å². The van der Waals surface area contributed by atoms with Gasteiger partial charge in [0.15, 0.2) is 11.5 Å². The average Bonchev–Trinajstić information content (AvgIpc) is 2.69. The number of hydrogen-bond donors (Lipinski definition) is 2. The molecule has 2 N–H and O–H groups in total. The molecule has 16 heavy (non-hydrogen) atoms. The lowest BCUT2D eigenvalue weighted by Gasteiger charge is -2.26. The molecule has 0 radical (unpaired) electrons. The highest BCUT2D eigenvalue weighted by Gasteiger charge is 2.33. The van der Waals surface area contributed by atoms with E-state index in [0.29, 0.717) is 10.8 Å². The van der Waals surface area contributed by atoms with Crippen LogP contribution >= 0.6 is 11.6 Å². The van der Waals surface area contributed by atoms with Crippen LogP contribution in [0, 0.1) is 0 Å². The number of methoxy groups -OCH3 is 1. The summed E-state index contributed by atoms with van der Waals surface area (Å²) in [7, 11) is 1.53. The molecule has 4 heteroatoms. The molecular formula is C12H16ClNO2. The van der Waals surface area contributed by atoms with Crippen LogP contribution in [0.1, 0.15) is 25.3 Å². The van der Waals surface area contributed by atoms with Crippen molar-refractivity contribution in [1.82, 2.24) is 5.32 Å². The SMILES string of the molecule is COc1cc(Cl)cc(C2(C)CCCN2)c1O. The third-order valence-corrected chi connectivity index (χ3v) is 3.44. The Morgan fingerprint density at radius 2 is 2.25 bits per heavy atom. The molecule has 1 aromatic carbocycles. The number of rotatable bonds is 2. The van der Waals surface area contributed by atoms with E-state index in [4.69, 9.17) is 16.3 Å². The maximum absolute atomic E-state index is 10.1. The van der Waals surface area contributed by atoms with Gasteiger partial charge in [0.25, 0.3) is 0 Å². The molecule has 1 aromatic rings. The minimum atomic E-state index is -0.206. The van der Waals surface area contributed by atoms with Crippen LogP contribution in [0.2, 0.25) is 5.02 Å². The Hall–Kier alpha value is -0.930. The van der Waals surface area contributed by atoms with E-state index in [0.717, 1.165) is 24.9 Å². The monoisotopic (exact) mass is 241 g/mol. The van der Waals surface area contributed by atoms with Gasteiger partial charge in [0.1, 0.15) is 0 Å². The zero-order chi connectivity index (χ0) is 11.8. The van der Waals surface area contributed by atoms with Crippen LogP contribution in [-0.2, 0) is 5.54 Å². The van der Waals surface area contributed by atoms with E-state index >= 15 is 0 Å². The molecule has 1 heterocycles. The van der Waals surface area contributed by atoms with Crippen LogP contribution in [-0.4, -0.2) is 18.8 Å². The molecule has 0 aromatic heterocycles. The molecule has 1 unspecified atom stereocenters. The lowest BCUT2D eigenvalue weighted by molar-refractivity contribution is 0.351. The minimum Gasteiger partial charge on any atom is -0.504 e. The van der Waals surface area contributed by atoms with Gasteiger partial charge in [-0.1, -0.05) is 11.6 Å². The summed E-state index contributed by atoms with van der Waals surface area (Å²) < 4.78 is 5.11. The van der Waals surface area contributed by atoms with Crippen LogP contribution < -0.4 is 10.1 Å². The zero-order valence-electron chi connectivity index (χ0n) is 9.51. The van der Waals surface area contributed by atoms with E-state index in [1.54, 1.807) is 12.1 Å². The molecule has 0 aliphatic carbocycles. The van der Waals surface area contributed by atoms with Crippen LogP contribution in [0.15, 0.2) is 12.1 Å². The number of phenols is 1. The third kappa shape index (κ3) is 1.85. The number of aromatic hydroxyl groups is 1. The van der Waals surface area contributed by atoms with Gasteiger partial charge < -0.3 is 15.2 Å². The van der Waals surface area contributed by atoms with Gasteiger partial charge in [-0.25, -0.2) is 0 Å². The molecule has 0 saturated carbocycles. The number of ether oxygens (including phenoxy) is 1. The molecule has 1 aliphatic rings. The van der Waals surface area contributed by atoms with Crippen molar-refractivity contribution in [3.05, 3.63) is 22.7 Å². The quantitative estimate of drug-likeness (QED) is 0.837. The van der Waals surface area contributed by atoms with Crippen molar-refractivity contribution in [2.45, 2.75) is 25.3 Å². The van der Waals surface area contributed by atoms with Crippen molar-refractivity contribution in [3.8, 4) is 11.5 Å². The summed E-state index contributed by atoms with van der Waals surface area (Å²) in [5.74, 6) is 0.612. The van der Waals surface area contributed by atoms with E-state index in [2.05, 4.69) is 12.2 Å². The second-order valence-corrected chi connectivity index (χ2v) is 4.80. The zero-order valence-corrected chi connectivity index (χ0v) is 10.3. The van der Waals surface area contributed by atoms with E-state index in [1.165, 1.54) is 7.11 Å². The Morgan fingerprint density at radius 1 is 1.50 bits per heavy atom. The highest BCUT2D eigenvalue weighted by atomic mass is 35.5. The number of benzene rings is 1. The lowest BCUT2D eigenvalue weighted by atomic mass is 9.89. The average molecular weight is 242 g/mol. The minimum absolute atomic E-state index is 0.184. The number of hydrogen-bond acceptors (Lipinski definition) is 3. The van der Waals surface area contributed by atoms with Gasteiger partial charge in [0.2, 0.25) is 0 Å². The summed E-state index contributed by atoms with van der Waals surface area (Å²) in [6.45, 7) is 3.04. The van der Waals surface area contributed by atoms with Crippen molar-refractivity contribution in [2.75, 3.05) is 13.7 Å². The molecule has 0 amide bonds. The maximum atomic E-state index is 10.1. The predicted molar refractivity (Wildman–Crippen MR) is 64.3 cm³/mol. The fourth-order valence-corrected chi connectivity index (χ4v) is 2.48. The Balaban J connectivity index is 2.51. The molecule has 1 fully saturated rings. The fraction of sp³-hybridized carbons (Fsp3) is 0.500. The van der Waals surface area contributed by atoms with Gasteiger partial charge in [-0.15, -0.1) is 0 Å². The lowest BCUT2D eigenvalue weighted by Crippen LogP contribution is -2.33. The molecule has 3 nitrogen and oxygen atoms in total. The highest BCUT2D eigenvalue weighted by Crippen LogP contribution is 2.42. The Kier molecular flexibility index (Phi) is 3.00. The van der Waals surface area contributed by atoms with E-state index in [9.17, 15) is 5.11 Å². The summed E-state index contributed by atoms with van der Waals surface area (Å²) in [5.41, 5.74) is 0.608. The summed E-state index contributed by atoms with van der Waals surface area (Å²) in [6.07, 6.45) is 2.09. The van der Waals surface area contributed by atoms with E-state index in [-0.39, 0.29) is 11.3 Å². The molecule has 0 spiro atoms. The second kappa shape index (κ2) is 4.15. The van der Waals surface area contributed by atoms with Gasteiger partial charge >= 0.3 is 0 Å². The summed E-state index contributed by atoms with van der Waals surface area (Å²) in [5, 5.41) is 14.1. The van der Waals surface area contributed by atoms with Gasteiger partial charge in [0, 0.05) is 22.2 Å². The van der Waals surface area contributed by atoms with Crippen molar-refractivity contribution in [3.63, 3.8) is 0 Å². The summed E-state index contributed by atoms with van der Waals surface area (Å²) in [6, 6.07) is 3.43. The van der Waals surface area contributed by atoms with E-state index in [1.807, 2.05) is 0 Å². The second-order valence-electron chi connectivity index (χ2n) is 4.37. The Bertz CT molecular complexity index is 400. The van der Waals surface area contributed by atoms with Gasteiger partial charge in [-0.05, 0) is 32.4 Å². The normalized spacial score (nSPS) is 24.7. The standard InChI is InChI=1S/C12H16ClNO2/c1-12(4-3-5-14-12)9-6-8(13)7-10(16-2)11(9)15/h6-7,14-15H,3-5H2,1-2H3. The summed E-state index contributed by atoms with van der Waals surface area (Å²) >= 11 is 6.02. The van der Waals surface area contributed by atoms with Crippen LogP contribution in [0.25, 0.3) is 0 Å². The largest absolute Gasteiger partial charge is 0.504 e. The number of nitrogens with one attached hydrogen (secondary N) is 1. The highest BCUT2D eigenvalue weighted by molar-refractivity contribution is 6.30. The maximum Gasteiger partial charge on any atom is 0.162 e. The Labute approximate surface area is 100 Å². The van der Waals surface area contributed by atoms with Gasteiger partial charge in [-0.2, -0.15) is 0 Å². The number of phenolic OH excluding ortho intramolecular Hbond substituents is 1. The molecule has 0 bridgehead atoms. The van der Waals surface area contributed by atoms with Crippen molar-refractivity contribution in [1.29, 1.82) is 0 Å². The topological polar surface area (TPSA) is 41.5 Å². The molecule has 1 aliphatic heterocycles. The van der Waals surface area contributed by atoms with Crippen molar-refractivity contribution < 1.29 is 9.84 Å². The van der Waals surface area contributed by atoms with Crippen LogP contribution in [0.4, 0.5) is 0 Å². The Morgan fingerprint density at radius 3 is 2.81 bits per heavy atom. The van der Waals surface area contributed by atoms with Gasteiger partial charge in [-0.3, -0.25) is 0 Å². The molecule has 1 atom stereocenters. The van der Waals surface area contributed by atoms with Crippen LogP contribution in [0.3, 0.4) is 0 Å². The van der Waals surface area contributed by atoms with Crippen molar-refractivity contribution in [2.24, 2.45) is 0 Å². The number of halogens is 1. The van der Waals surface area contributed by atoms with Crippen LogP contribution in [0.5, 0.6) is 11.5 Å². The first-order valence-corrected chi connectivity index (χ1v) is 5.76. The molecule has 2 rings (SSSR count). The first-order chi connectivity index (χ1) is 7.57. The summed E-state index contributed by atoms with van der Waals surface area (Å²) in [4.78, 5) is 0. The van der Waals surface area contributed by atoms with Crippen molar-refractivity contribution >= 4 is 11.6 Å². The first-order valence-electron chi connectivity index (χ1n) is 5.39. The van der Waals surface area contributed by atoms with Gasteiger partial charge in [0.05, 0.1) is 7.11 Å². The third-order valence-electron chi connectivity index (χ3n) is 3.22. The molecular weight excluding hydrogens is 226 g/mol. The molecule has 88 valence electrons. The first kappa shape index (κ1) is 11.6. The smallest absolute Gasteiger partial charge is 0.162 e. The molecule has 1 saturated heterocycles.